The Hall–Kier alpha value is -1.93. The first-order valence-electron chi connectivity index (χ1n) is 5.52. The van der Waals surface area contributed by atoms with Gasteiger partial charge in [0, 0.05) is 12.6 Å². The van der Waals surface area contributed by atoms with Crippen molar-refractivity contribution in [1.29, 1.82) is 0 Å². The van der Waals surface area contributed by atoms with Crippen LogP contribution in [0.25, 0.3) is 0 Å². The van der Waals surface area contributed by atoms with Gasteiger partial charge in [0.15, 0.2) is 0 Å². The summed E-state index contributed by atoms with van der Waals surface area (Å²) in [5.74, 6) is 5.73. The molecule has 0 aliphatic carbocycles. The highest BCUT2D eigenvalue weighted by Gasteiger charge is 2.15. The maximum atomic E-state index is 10.8. The van der Waals surface area contributed by atoms with Gasteiger partial charge in [-0.25, -0.2) is 10.8 Å². The second-order valence-electron chi connectivity index (χ2n) is 3.81. The first-order chi connectivity index (χ1) is 8.54. The monoisotopic (exact) mass is 255 g/mol. The molecule has 1 aromatic heterocycles. The number of aromatic nitrogens is 1. The minimum atomic E-state index is -0.501. The molecule has 100 valence electrons. The van der Waals surface area contributed by atoms with Gasteiger partial charge in [0.25, 0.3) is 0 Å². The van der Waals surface area contributed by atoms with Gasteiger partial charge in [0.05, 0.1) is 17.6 Å². The summed E-state index contributed by atoms with van der Waals surface area (Å²) in [5, 5.41) is 13.7. The lowest BCUT2D eigenvalue weighted by Gasteiger charge is -2.10. The van der Waals surface area contributed by atoms with Crippen molar-refractivity contribution < 1.29 is 9.66 Å². The van der Waals surface area contributed by atoms with E-state index in [9.17, 15) is 10.1 Å². The van der Waals surface area contributed by atoms with E-state index in [4.69, 9.17) is 10.6 Å². The van der Waals surface area contributed by atoms with Crippen molar-refractivity contribution in [2.24, 2.45) is 5.84 Å². The van der Waals surface area contributed by atoms with E-state index in [0.717, 1.165) is 0 Å². The predicted molar refractivity (Wildman–Crippen MR) is 68.3 cm³/mol. The van der Waals surface area contributed by atoms with Gasteiger partial charge in [0.1, 0.15) is 5.82 Å². The van der Waals surface area contributed by atoms with Crippen molar-refractivity contribution in [1.82, 2.24) is 4.98 Å². The van der Waals surface area contributed by atoms with Crippen molar-refractivity contribution >= 4 is 17.3 Å². The van der Waals surface area contributed by atoms with Gasteiger partial charge >= 0.3 is 5.69 Å². The largest absolute Gasteiger partial charge is 0.377 e. The molecule has 1 rings (SSSR count). The lowest BCUT2D eigenvalue weighted by molar-refractivity contribution is -0.384. The number of nitrogens with zero attached hydrogens (tertiary/aromatic N) is 2. The van der Waals surface area contributed by atoms with Crippen molar-refractivity contribution in [3.8, 4) is 0 Å². The van der Waals surface area contributed by atoms with Gasteiger partial charge in [-0.05, 0) is 19.9 Å². The summed E-state index contributed by atoms with van der Waals surface area (Å²) in [6.45, 7) is 4.70. The second kappa shape index (κ2) is 6.72. The number of hydrogen-bond acceptors (Lipinski definition) is 7. The smallest absolute Gasteiger partial charge is 0.311 e. The van der Waals surface area contributed by atoms with E-state index in [1.54, 1.807) is 0 Å². The molecule has 8 heteroatoms. The first kappa shape index (κ1) is 14.1. The maximum Gasteiger partial charge on any atom is 0.311 e. The van der Waals surface area contributed by atoms with Crippen LogP contribution < -0.4 is 16.6 Å². The third kappa shape index (κ3) is 4.15. The van der Waals surface area contributed by atoms with Crippen molar-refractivity contribution in [2.75, 3.05) is 23.9 Å². The highest BCUT2D eigenvalue weighted by atomic mass is 16.6. The molecule has 0 amide bonds. The summed E-state index contributed by atoms with van der Waals surface area (Å²) >= 11 is 0. The van der Waals surface area contributed by atoms with Crippen LogP contribution in [0.2, 0.25) is 0 Å². The van der Waals surface area contributed by atoms with Gasteiger partial charge in [-0.3, -0.25) is 10.1 Å². The number of anilines is 2. The SMILES string of the molecule is CC(C)OCCNc1nc(NN)ccc1[N+](=O)[O-]. The van der Waals surface area contributed by atoms with E-state index in [1.165, 1.54) is 12.1 Å². The summed E-state index contributed by atoms with van der Waals surface area (Å²) in [6.07, 6.45) is 0.117. The van der Waals surface area contributed by atoms with E-state index in [0.29, 0.717) is 19.0 Å². The number of hydrazine groups is 1. The van der Waals surface area contributed by atoms with Crippen LogP contribution in [-0.2, 0) is 4.74 Å². The van der Waals surface area contributed by atoms with Crippen LogP contribution in [0.4, 0.5) is 17.3 Å². The molecule has 0 radical (unpaired) electrons. The zero-order valence-electron chi connectivity index (χ0n) is 10.3. The molecule has 0 spiro atoms. The van der Waals surface area contributed by atoms with Crippen molar-refractivity contribution in [2.45, 2.75) is 20.0 Å². The summed E-state index contributed by atoms with van der Waals surface area (Å²) in [7, 11) is 0. The van der Waals surface area contributed by atoms with Crippen LogP contribution in [0.3, 0.4) is 0 Å². The standard InChI is InChI=1S/C10H17N5O3/c1-7(2)18-6-5-12-10-8(15(16)17)3-4-9(13-10)14-11/h3-4,7H,5-6,11H2,1-2H3,(H2,12,13,14). The van der Waals surface area contributed by atoms with Crippen LogP contribution in [0.15, 0.2) is 12.1 Å². The number of rotatable bonds is 7. The Labute approximate surface area is 105 Å². The molecule has 0 atom stereocenters. The minimum absolute atomic E-state index is 0.0986. The molecule has 18 heavy (non-hydrogen) atoms. The molecule has 0 saturated carbocycles. The fraction of sp³-hybridized carbons (Fsp3) is 0.500. The highest BCUT2D eigenvalue weighted by molar-refractivity contribution is 5.59. The Balaban J connectivity index is 2.69. The molecular formula is C10H17N5O3. The lowest BCUT2D eigenvalue weighted by Crippen LogP contribution is -2.16. The Kier molecular flexibility index (Phi) is 5.28. The summed E-state index contributed by atoms with van der Waals surface area (Å²) in [5.41, 5.74) is 2.24. The third-order valence-electron chi connectivity index (χ3n) is 2.06. The molecule has 8 nitrogen and oxygen atoms in total. The van der Waals surface area contributed by atoms with Gasteiger partial charge < -0.3 is 15.5 Å². The molecule has 0 aromatic carbocycles. The fourth-order valence-electron chi connectivity index (χ4n) is 1.27. The number of hydrogen-bond donors (Lipinski definition) is 3. The van der Waals surface area contributed by atoms with Crippen molar-refractivity contribution in [3.63, 3.8) is 0 Å². The lowest BCUT2D eigenvalue weighted by atomic mass is 10.3. The van der Waals surface area contributed by atoms with Gasteiger partial charge in [-0.15, -0.1) is 0 Å². The number of nitrogens with two attached hydrogens (primary N) is 1. The van der Waals surface area contributed by atoms with Gasteiger partial charge in [-0.1, -0.05) is 0 Å². The number of ether oxygens (including phenoxy) is 1. The molecule has 4 N–H and O–H groups in total. The Morgan fingerprint density at radius 3 is 2.83 bits per heavy atom. The number of nitro groups is 1. The zero-order valence-corrected chi connectivity index (χ0v) is 10.3. The van der Waals surface area contributed by atoms with Gasteiger partial charge in [0.2, 0.25) is 5.82 Å². The number of nitrogens with one attached hydrogen (secondary N) is 2. The normalized spacial score (nSPS) is 10.4. The van der Waals surface area contributed by atoms with E-state index in [2.05, 4.69) is 15.7 Å². The molecule has 1 heterocycles. The first-order valence-corrected chi connectivity index (χ1v) is 5.52. The second-order valence-corrected chi connectivity index (χ2v) is 3.81. The van der Waals surface area contributed by atoms with Crippen molar-refractivity contribution in [3.05, 3.63) is 22.2 Å². The highest BCUT2D eigenvalue weighted by Crippen LogP contribution is 2.23. The summed E-state index contributed by atoms with van der Waals surface area (Å²) < 4.78 is 5.32. The molecule has 1 aromatic rings. The molecular weight excluding hydrogens is 238 g/mol. The van der Waals surface area contributed by atoms with Crippen LogP contribution in [0, 0.1) is 10.1 Å². The van der Waals surface area contributed by atoms with Crippen LogP contribution in [0.1, 0.15) is 13.8 Å². The Bertz CT molecular complexity index is 410. The summed E-state index contributed by atoms with van der Waals surface area (Å²) in [6, 6.07) is 2.78. The van der Waals surface area contributed by atoms with Crippen LogP contribution in [-0.4, -0.2) is 29.2 Å². The van der Waals surface area contributed by atoms with Gasteiger partial charge in [-0.2, -0.15) is 0 Å². The van der Waals surface area contributed by atoms with E-state index < -0.39 is 4.92 Å². The zero-order chi connectivity index (χ0) is 13.5. The molecule has 0 aliphatic heterocycles. The quantitative estimate of drug-likeness (QED) is 0.289. The number of nitrogen functional groups attached to an aromatic ring is 1. The summed E-state index contributed by atoms with van der Waals surface area (Å²) in [4.78, 5) is 14.3. The molecule has 0 fully saturated rings. The predicted octanol–water partition coefficient (Wildman–Crippen LogP) is 1.11. The Morgan fingerprint density at radius 1 is 1.56 bits per heavy atom. The number of pyridine rings is 1. The molecule has 0 aliphatic rings. The van der Waals surface area contributed by atoms with Crippen LogP contribution in [0.5, 0.6) is 0 Å². The average Bonchev–Trinajstić information content (AvgIpc) is 2.33. The maximum absolute atomic E-state index is 10.8. The molecule has 0 unspecified atom stereocenters. The molecule has 0 bridgehead atoms. The molecule has 0 saturated heterocycles. The van der Waals surface area contributed by atoms with Crippen LogP contribution >= 0.6 is 0 Å². The average molecular weight is 255 g/mol. The van der Waals surface area contributed by atoms with E-state index in [-0.39, 0.29) is 17.6 Å². The third-order valence-corrected chi connectivity index (χ3v) is 2.06. The minimum Gasteiger partial charge on any atom is -0.377 e. The fourth-order valence-corrected chi connectivity index (χ4v) is 1.27. The topological polar surface area (TPSA) is 115 Å². The van der Waals surface area contributed by atoms with E-state index in [1.807, 2.05) is 13.8 Å². The van der Waals surface area contributed by atoms with E-state index >= 15 is 0 Å². The Morgan fingerprint density at radius 2 is 2.28 bits per heavy atom.